The van der Waals surface area contributed by atoms with Gasteiger partial charge in [-0.15, -0.1) is 0 Å². The Hall–Kier alpha value is -1.21. The van der Waals surface area contributed by atoms with Crippen LogP contribution in [0.1, 0.15) is 12.8 Å². The van der Waals surface area contributed by atoms with Crippen molar-refractivity contribution in [1.29, 1.82) is 0 Å². The summed E-state index contributed by atoms with van der Waals surface area (Å²) in [7, 11) is -4.20. The lowest BCUT2D eigenvalue weighted by Gasteiger charge is -2.18. The van der Waals surface area contributed by atoms with Crippen LogP contribution < -0.4 is 11.4 Å². The summed E-state index contributed by atoms with van der Waals surface area (Å²) in [6, 6.07) is 1.49. The van der Waals surface area contributed by atoms with E-state index in [0.717, 1.165) is 12.8 Å². The van der Waals surface area contributed by atoms with E-state index in [1.807, 2.05) is 0 Å². The zero-order valence-electron chi connectivity index (χ0n) is 10.2. The van der Waals surface area contributed by atoms with Crippen molar-refractivity contribution in [2.45, 2.75) is 25.5 Å². The van der Waals surface area contributed by atoms with E-state index in [1.54, 1.807) is 0 Å². The fourth-order valence-electron chi connectivity index (χ4n) is 1.77. The normalized spacial score (nSPS) is 17.4. The largest absolute Gasteiger partial charge is 0.383 e. The summed E-state index contributed by atoms with van der Waals surface area (Å²) in [5, 5.41) is 0. The quantitative estimate of drug-likeness (QED) is 0.616. The van der Waals surface area contributed by atoms with Crippen molar-refractivity contribution in [3.05, 3.63) is 22.7 Å². The number of hydrogen-bond donors (Lipinski definition) is 3. The lowest BCUT2D eigenvalue weighted by atomic mass is 10.2. The summed E-state index contributed by atoms with van der Waals surface area (Å²) >= 11 is 0. The number of anilines is 1. The number of aromatic nitrogens is 2. The molecule has 1 saturated carbocycles. The highest BCUT2D eigenvalue weighted by molar-refractivity contribution is 7.51. The Labute approximate surface area is 109 Å². The minimum atomic E-state index is -4.20. The second kappa shape index (κ2) is 5.42. The van der Waals surface area contributed by atoms with Crippen LogP contribution in [-0.4, -0.2) is 31.8 Å². The van der Waals surface area contributed by atoms with Gasteiger partial charge in [0, 0.05) is 6.20 Å². The number of nitrogen functional groups attached to an aromatic ring is 1. The second-order valence-corrected chi connectivity index (χ2v) is 6.21. The number of hydrogen-bond acceptors (Lipinski definition) is 5. The van der Waals surface area contributed by atoms with Gasteiger partial charge in [-0.05, 0) is 24.8 Å². The van der Waals surface area contributed by atoms with Crippen molar-refractivity contribution in [2.24, 2.45) is 5.92 Å². The molecule has 9 heteroatoms. The lowest BCUT2D eigenvalue weighted by Crippen LogP contribution is -2.31. The molecule has 1 atom stereocenters. The molecule has 0 amide bonds. The molecule has 1 aromatic rings. The van der Waals surface area contributed by atoms with Crippen molar-refractivity contribution in [3.63, 3.8) is 0 Å². The van der Waals surface area contributed by atoms with Gasteiger partial charge in [-0.25, -0.2) is 4.79 Å². The molecule has 1 aliphatic rings. The molecule has 19 heavy (non-hydrogen) atoms. The smallest absolute Gasteiger partial charge is 0.350 e. The minimum absolute atomic E-state index is 0.139. The summed E-state index contributed by atoms with van der Waals surface area (Å²) < 4.78 is 17.4. The van der Waals surface area contributed by atoms with Crippen LogP contribution in [0.2, 0.25) is 0 Å². The highest BCUT2D eigenvalue weighted by Crippen LogP contribution is 2.39. The van der Waals surface area contributed by atoms with Gasteiger partial charge in [0.25, 0.3) is 0 Å². The molecule has 2 rings (SSSR count). The van der Waals surface area contributed by atoms with Gasteiger partial charge in [0.15, 0.2) is 0 Å². The average molecular weight is 289 g/mol. The Morgan fingerprint density at radius 1 is 1.58 bits per heavy atom. The fourth-order valence-corrected chi connectivity index (χ4v) is 2.16. The molecule has 0 aromatic carbocycles. The zero-order chi connectivity index (χ0) is 14.0. The first-order valence-electron chi connectivity index (χ1n) is 5.84. The Kier molecular flexibility index (Phi) is 4.05. The lowest BCUT2D eigenvalue weighted by molar-refractivity contribution is 0.0455. The Morgan fingerprint density at radius 3 is 2.79 bits per heavy atom. The van der Waals surface area contributed by atoms with Crippen LogP contribution in [0.15, 0.2) is 17.1 Å². The van der Waals surface area contributed by atoms with E-state index in [-0.39, 0.29) is 18.3 Å². The van der Waals surface area contributed by atoms with Gasteiger partial charge in [-0.1, -0.05) is 0 Å². The minimum Gasteiger partial charge on any atom is -0.383 e. The van der Waals surface area contributed by atoms with E-state index in [9.17, 15) is 9.36 Å². The second-order valence-electron chi connectivity index (χ2n) is 4.62. The van der Waals surface area contributed by atoms with E-state index in [4.69, 9.17) is 20.3 Å². The third-order valence-corrected chi connectivity index (χ3v) is 3.36. The molecule has 4 N–H and O–H groups in total. The third-order valence-electron chi connectivity index (χ3n) is 2.88. The molecule has 1 aromatic heterocycles. The molecule has 106 valence electrons. The molecule has 0 bridgehead atoms. The molecule has 0 aliphatic heterocycles. The van der Waals surface area contributed by atoms with Gasteiger partial charge in [0.1, 0.15) is 12.2 Å². The van der Waals surface area contributed by atoms with E-state index in [1.165, 1.54) is 16.8 Å². The summed E-state index contributed by atoms with van der Waals surface area (Å²) in [5.41, 5.74) is 4.89. The fraction of sp³-hybridized carbons (Fsp3) is 0.600. The van der Waals surface area contributed by atoms with E-state index in [0.29, 0.717) is 0 Å². The van der Waals surface area contributed by atoms with E-state index < -0.39 is 25.7 Å². The highest BCUT2D eigenvalue weighted by atomic mass is 31.2. The summed E-state index contributed by atoms with van der Waals surface area (Å²) in [6.07, 6.45) is 2.34. The van der Waals surface area contributed by atoms with Crippen molar-refractivity contribution in [1.82, 2.24) is 9.55 Å². The van der Waals surface area contributed by atoms with Crippen LogP contribution in [0, 0.1) is 5.92 Å². The molecule has 1 heterocycles. The van der Waals surface area contributed by atoms with Crippen LogP contribution in [0.25, 0.3) is 0 Å². The topological polar surface area (TPSA) is 128 Å². The number of ether oxygens (including phenoxy) is 1. The third kappa shape index (κ3) is 4.43. The molecular weight excluding hydrogens is 273 g/mol. The first-order valence-corrected chi connectivity index (χ1v) is 7.64. The van der Waals surface area contributed by atoms with Gasteiger partial charge in [-0.2, -0.15) is 4.98 Å². The first-order chi connectivity index (χ1) is 8.85. The van der Waals surface area contributed by atoms with Gasteiger partial charge >= 0.3 is 13.3 Å². The SMILES string of the molecule is Nc1ccn(C[C@H](OCP(=O)(O)O)C2CC2)c(=O)n1. The van der Waals surface area contributed by atoms with Crippen molar-refractivity contribution in [2.75, 3.05) is 12.1 Å². The number of nitrogens with two attached hydrogens (primary N) is 1. The van der Waals surface area contributed by atoms with E-state index >= 15 is 0 Å². The van der Waals surface area contributed by atoms with Gasteiger partial charge in [0.2, 0.25) is 0 Å². The molecule has 0 spiro atoms. The molecule has 8 nitrogen and oxygen atoms in total. The summed E-state index contributed by atoms with van der Waals surface area (Å²) in [4.78, 5) is 32.8. The molecule has 0 saturated heterocycles. The van der Waals surface area contributed by atoms with Crippen LogP contribution in [0.5, 0.6) is 0 Å². The standard InChI is InChI=1S/C10H16N3O5P/c11-9-3-4-13(10(14)12-9)5-8(7-1-2-7)18-6-19(15,16)17/h3-4,7-8H,1-2,5-6H2,(H2,11,12,14)(H2,15,16,17)/t8-/m0/s1. The maximum atomic E-state index is 11.6. The van der Waals surface area contributed by atoms with Gasteiger partial charge in [-0.3, -0.25) is 9.13 Å². The van der Waals surface area contributed by atoms with Gasteiger partial charge < -0.3 is 20.3 Å². The maximum Gasteiger partial charge on any atom is 0.350 e. The summed E-state index contributed by atoms with van der Waals surface area (Å²) in [5.74, 6) is 0.372. The molecule has 1 fully saturated rings. The predicted octanol–water partition coefficient (Wildman–Crippen LogP) is -0.244. The van der Waals surface area contributed by atoms with Crippen molar-refractivity contribution in [3.8, 4) is 0 Å². The highest BCUT2D eigenvalue weighted by Gasteiger charge is 2.33. The van der Waals surface area contributed by atoms with Crippen molar-refractivity contribution >= 4 is 13.4 Å². The van der Waals surface area contributed by atoms with E-state index in [2.05, 4.69) is 4.98 Å². The Morgan fingerprint density at radius 2 is 2.26 bits per heavy atom. The van der Waals surface area contributed by atoms with Crippen LogP contribution in [0.3, 0.4) is 0 Å². The van der Waals surface area contributed by atoms with Crippen LogP contribution in [-0.2, 0) is 15.8 Å². The number of nitrogens with zero attached hydrogens (tertiary/aromatic N) is 2. The van der Waals surface area contributed by atoms with Crippen LogP contribution >= 0.6 is 7.60 Å². The molecule has 1 aliphatic carbocycles. The predicted molar refractivity (Wildman–Crippen MR) is 67.4 cm³/mol. The number of rotatable bonds is 6. The maximum absolute atomic E-state index is 11.6. The summed E-state index contributed by atoms with van der Waals surface area (Å²) in [6.45, 7) is 0.219. The molecule has 0 radical (unpaired) electrons. The van der Waals surface area contributed by atoms with Crippen LogP contribution in [0.4, 0.5) is 5.82 Å². The Bertz CT molecular complexity index is 550. The Balaban J connectivity index is 2.04. The first kappa shape index (κ1) is 14.2. The van der Waals surface area contributed by atoms with Crippen molar-refractivity contribution < 1.29 is 19.1 Å². The average Bonchev–Trinajstić information content (AvgIpc) is 3.09. The monoisotopic (exact) mass is 289 g/mol. The molecular formula is C10H16N3O5P. The molecule has 0 unspecified atom stereocenters. The van der Waals surface area contributed by atoms with Gasteiger partial charge in [0.05, 0.1) is 12.6 Å². The zero-order valence-corrected chi connectivity index (χ0v) is 11.1.